The van der Waals surface area contributed by atoms with Gasteiger partial charge in [-0.15, -0.1) is 0 Å². The Morgan fingerprint density at radius 3 is 2.49 bits per heavy atom. The summed E-state index contributed by atoms with van der Waals surface area (Å²) in [6.07, 6.45) is 6.38. The summed E-state index contributed by atoms with van der Waals surface area (Å²) in [7, 11) is -0.270. The highest BCUT2D eigenvalue weighted by Gasteiger charge is 2.29. The summed E-state index contributed by atoms with van der Waals surface area (Å²) < 4.78 is 33.3. The lowest BCUT2D eigenvalue weighted by Crippen LogP contribution is -2.38. The highest BCUT2D eigenvalue weighted by Crippen LogP contribution is 2.27. The van der Waals surface area contributed by atoms with Crippen molar-refractivity contribution >= 4 is 15.9 Å². The Hall–Kier alpha value is -2.97. The second kappa shape index (κ2) is 11.2. The third-order valence-corrected chi connectivity index (χ3v) is 8.64. The van der Waals surface area contributed by atoms with E-state index < -0.39 is 10.0 Å². The largest absolute Gasteiger partial charge is 0.361 e. The SMILES string of the molecule is CN(CCCc1cc(-c2ccccc2)no1)C(=O)c1cccc(S(=O)(=O)N(C)C2CCCCC2)c1. The van der Waals surface area contributed by atoms with Gasteiger partial charge in [0.2, 0.25) is 10.0 Å². The molecule has 3 aromatic rings. The standard InChI is InChI=1S/C27H33N3O4S/c1-29(18-10-16-24-20-26(28-34-24)21-11-5-3-6-12-21)27(31)22-13-9-17-25(19-22)35(32,33)30(2)23-14-7-4-8-15-23/h3,5-6,9,11-13,17,19-20,23H,4,7-8,10,14-16,18H2,1-2H3. The van der Waals surface area contributed by atoms with E-state index in [0.29, 0.717) is 24.9 Å². The molecule has 8 heteroatoms. The van der Waals surface area contributed by atoms with E-state index in [1.165, 1.54) is 10.4 Å². The summed E-state index contributed by atoms with van der Waals surface area (Å²) >= 11 is 0. The van der Waals surface area contributed by atoms with Crippen molar-refractivity contribution in [3.8, 4) is 11.3 Å². The van der Waals surface area contributed by atoms with Crippen LogP contribution in [-0.4, -0.2) is 55.4 Å². The smallest absolute Gasteiger partial charge is 0.253 e. The summed E-state index contributed by atoms with van der Waals surface area (Å²) in [6, 6.07) is 18.2. The van der Waals surface area contributed by atoms with Gasteiger partial charge in [0.15, 0.2) is 0 Å². The molecule has 7 nitrogen and oxygen atoms in total. The number of nitrogens with zero attached hydrogens (tertiary/aromatic N) is 3. The maximum absolute atomic E-state index is 13.2. The van der Waals surface area contributed by atoms with E-state index in [1.54, 1.807) is 37.2 Å². The van der Waals surface area contributed by atoms with E-state index in [1.807, 2.05) is 36.4 Å². The van der Waals surface area contributed by atoms with Gasteiger partial charge in [0.1, 0.15) is 11.5 Å². The molecule has 1 fully saturated rings. The van der Waals surface area contributed by atoms with Crippen LogP contribution in [0.1, 0.15) is 54.6 Å². The molecule has 1 amide bonds. The first-order valence-electron chi connectivity index (χ1n) is 12.2. The van der Waals surface area contributed by atoms with Crippen LogP contribution in [0, 0.1) is 0 Å². The minimum absolute atomic E-state index is 0.0225. The van der Waals surface area contributed by atoms with Crippen LogP contribution < -0.4 is 0 Å². The van der Waals surface area contributed by atoms with Crippen molar-refractivity contribution in [1.29, 1.82) is 0 Å². The fourth-order valence-electron chi connectivity index (χ4n) is 4.58. The minimum atomic E-state index is -3.65. The van der Waals surface area contributed by atoms with Crippen molar-refractivity contribution < 1.29 is 17.7 Å². The Labute approximate surface area is 207 Å². The normalized spacial score (nSPS) is 14.8. The molecule has 0 aliphatic heterocycles. The number of hydrogen-bond acceptors (Lipinski definition) is 5. The molecule has 0 spiro atoms. The first-order chi connectivity index (χ1) is 16.9. The number of aromatic nitrogens is 1. The van der Waals surface area contributed by atoms with Crippen molar-refractivity contribution in [1.82, 2.24) is 14.4 Å². The lowest BCUT2D eigenvalue weighted by Gasteiger charge is -2.30. The average molecular weight is 496 g/mol. The lowest BCUT2D eigenvalue weighted by atomic mass is 9.96. The molecule has 186 valence electrons. The third kappa shape index (κ3) is 6.00. The molecular formula is C27H33N3O4S. The fraction of sp³-hybridized carbons (Fsp3) is 0.407. The van der Waals surface area contributed by atoms with Gasteiger partial charge < -0.3 is 9.42 Å². The summed E-state index contributed by atoms with van der Waals surface area (Å²) in [5.74, 6) is 0.563. The predicted molar refractivity (Wildman–Crippen MR) is 135 cm³/mol. The van der Waals surface area contributed by atoms with Gasteiger partial charge in [-0.25, -0.2) is 8.42 Å². The van der Waals surface area contributed by atoms with Gasteiger partial charge >= 0.3 is 0 Å². The molecule has 0 atom stereocenters. The van der Waals surface area contributed by atoms with Crippen LogP contribution in [0.2, 0.25) is 0 Å². The van der Waals surface area contributed by atoms with Gasteiger partial charge in [-0.1, -0.05) is 60.8 Å². The Kier molecular flexibility index (Phi) is 8.03. The van der Waals surface area contributed by atoms with Gasteiger partial charge in [-0.3, -0.25) is 4.79 Å². The molecule has 1 heterocycles. The lowest BCUT2D eigenvalue weighted by molar-refractivity contribution is 0.0792. The summed E-state index contributed by atoms with van der Waals surface area (Å²) in [4.78, 5) is 14.8. The van der Waals surface area contributed by atoms with Gasteiger partial charge in [-0.05, 0) is 37.5 Å². The molecule has 1 aromatic heterocycles. The third-order valence-electron chi connectivity index (χ3n) is 6.74. The number of sulfonamides is 1. The Morgan fingerprint density at radius 1 is 1.00 bits per heavy atom. The first-order valence-corrected chi connectivity index (χ1v) is 13.6. The molecule has 1 aliphatic rings. The molecule has 0 N–H and O–H groups in total. The first kappa shape index (κ1) is 25.1. The fourth-order valence-corrected chi connectivity index (χ4v) is 6.05. The zero-order valence-electron chi connectivity index (χ0n) is 20.4. The van der Waals surface area contributed by atoms with Crippen LogP contribution in [0.3, 0.4) is 0 Å². The van der Waals surface area contributed by atoms with Gasteiger partial charge in [0.05, 0.1) is 4.90 Å². The van der Waals surface area contributed by atoms with Crippen LogP contribution in [0.5, 0.6) is 0 Å². The number of hydrogen-bond donors (Lipinski definition) is 0. The molecule has 1 aliphatic carbocycles. The Balaban J connectivity index is 1.35. The van der Waals surface area contributed by atoms with E-state index in [0.717, 1.165) is 49.1 Å². The molecule has 4 rings (SSSR count). The van der Waals surface area contributed by atoms with E-state index in [4.69, 9.17) is 4.52 Å². The van der Waals surface area contributed by atoms with Crippen molar-refractivity contribution in [3.63, 3.8) is 0 Å². The van der Waals surface area contributed by atoms with Gasteiger partial charge in [-0.2, -0.15) is 4.31 Å². The number of carbonyl (C=O) groups excluding carboxylic acids is 1. The Bertz CT molecular complexity index is 1230. The zero-order valence-corrected chi connectivity index (χ0v) is 21.2. The second-order valence-electron chi connectivity index (χ2n) is 9.22. The molecule has 0 bridgehead atoms. The summed E-state index contributed by atoms with van der Waals surface area (Å²) in [5.41, 5.74) is 2.16. The highest BCUT2D eigenvalue weighted by atomic mass is 32.2. The molecule has 35 heavy (non-hydrogen) atoms. The van der Waals surface area contributed by atoms with E-state index in [-0.39, 0.29) is 16.8 Å². The van der Waals surface area contributed by atoms with Gasteiger partial charge in [0.25, 0.3) is 5.91 Å². The zero-order chi connectivity index (χ0) is 24.8. The molecule has 0 unspecified atom stereocenters. The maximum atomic E-state index is 13.2. The van der Waals surface area contributed by atoms with Gasteiger partial charge in [0, 0.05) is 50.3 Å². The minimum Gasteiger partial charge on any atom is -0.361 e. The Morgan fingerprint density at radius 2 is 1.74 bits per heavy atom. The number of rotatable bonds is 9. The van der Waals surface area contributed by atoms with Crippen LogP contribution in [0.4, 0.5) is 0 Å². The molecule has 2 aromatic carbocycles. The highest BCUT2D eigenvalue weighted by molar-refractivity contribution is 7.89. The molecule has 0 saturated heterocycles. The maximum Gasteiger partial charge on any atom is 0.253 e. The monoisotopic (exact) mass is 495 g/mol. The molecule has 0 radical (unpaired) electrons. The van der Waals surface area contributed by atoms with Crippen molar-refractivity contribution in [2.45, 2.75) is 55.9 Å². The molecule has 1 saturated carbocycles. The number of benzene rings is 2. The topological polar surface area (TPSA) is 83.7 Å². The number of carbonyl (C=O) groups is 1. The van der Waals surface area contributed by atoms with E-state index in [2.05, 4.69) is 5.16 Å². The second-order valence-corrected chi connectivity index (χ2v) is 11.2. The predicted octanol–water partition coefficient (Wildman–Crippen LogP) is 5.00. The molecular weight excluding hydrogens is 462 g/mol. The van der Waals surface area contributed by atoms with E-state index >= 15 is 0 Å². The number of amides is 1. The number of aryl methyl sites for hydroxylation is 1. The summed E-state index contributed by atoms with van der Waals surface area (Å²) in [6.45, 7) is 0.513. The van der Waals surface area contributed by atoms with E-state index in [9.17, 15) is 13.2 Å². The van der Waals surface area contributed by atoms with Crippen LogP contribution in [0.15, 0.2) is 70.1 Å². The van der Waals surface area contributed by atoms with Crippen LogP contribution in [-0.2, 0) is 16.4 Å². The van der Waals surface area contributed by atoms with Crippen LogP contribution in [0.25, 0.3) is 11.3 Å². The summed E-state index contributed by atoms with van der Waals surface area (Å²) in [5, 5.41) is 4.13. The van der Waals surface area contributed by atoms with Crippen molar-refractivity contribution in [2.24, 2.45) is 0 Å². The average Bonchev–Trinajstić information content (AvgIpc) is 3.38. The van der Waals surface area contributed by atoms with Crippen molar-refractivity contribution in [3.05, 3.63) is 72.0 Å². The van der Waals surface area contributed by atoms with Crippen molar-refractivity contribution in [2.75, 3.05) is 20.6 Å². The van der Waals surface area contributed by atoms with Crippen LogP contribution >= 0.6 is 0 Å². The quantitative estimate of drug-likeness (QED) is 0.417.